The van der Waals surface area contributed by atoms with Gasteiger partial charge in [-0.2, -0.15) is 0 Å². The van der Waals surface area contributed by atoms with E-state index in [4.69, 9.17) is 9.47 Å². The SMILES string of the molecule is Cl.O=C(NC1=C(CN2CCOCC2)C(=O)OC1)Nc1ccccc1. The number of urea groups is 1. The number of rotatable bonds is 4. The molecule has 0 saturated carbocycles. The quantitative estimate of drug-likeness (QED) is 0.799. The number of nitrogens with one attached hydrogen (secondary N) is 2. The Kier molecular flexibility index (Phi) is 6.60. The number of morpholine rings is 1. The molecule has 7 nitrogen and oxygen atoms in total. The molecule has 1 fully saturated rings. The highest BCUT2D eigenvalue weighted by molar-refractivity contribution is 5.96. The molecule has 1 aromatic carbocycles. The summed E-state index contributed by atoms with van der Waals surface area (Å²) in [5.41, 5.74) is 1.72. The molecule has 0 bridgehead atoms. The number of amides is 2. The van der Waals surface area contributed by atoms with Crippen molar-refractivity contribution in [1.29, 1.82) is 0 Å². The highest BCUT2D eigenvalue weighted by Gasteiger charge is 2.28. The third-order valence-corrected chi connectivity index (χ3v) is 3.74. The molecule has 0 spiro atoms. The maximum absolute atomic E-state index is 12.1. The number of anilines is 1. The number of hydrogen-bond acceptors (Lipinski definition) is 5. The van der Waals surface area contributed by atoms with Gasteiger partial charge in [-0.25, -0.2) is 9.59 Å². The minimum atomic E-state index is -0.385. The largest absolute Gasteiger partial charge is 0.456 e. The Hall–Kier alpha value is -2.09. The van der Waals surface area contributed by atoms with E-state index in [0.717, 1.165) is 13.1 Å². The second kappa shape index (κ2) is 8.68. The van der Waals surface area contributed by atoms with Crippen LogP contribution >= 0.6 is 12.4 Å². The maximum atomic E-state index is 12.1. The monoisotopic (exact) mass is 353 g/mol. The maximum Gasteiger partial charge on any atom is 0.337 e. The molecule has 0 unspecified atom stereocenters. The molecule has 1 saturated heterocycles. The zero-order valence-electron chi connectivity index (χ0n) is 13.1. The van der Waals surface area contributed by atoms with Crippen molar-refractivity contribution in [1.82, 2.24) is 10.2 Å². The molecule has 24 heavy (non-hydrogen) atoms. The van der Waals surface area contributed by atoms with E-state index in [1.165, 1.54) is 0 Å². The van der Waals surface area contributed by atoms with Crippen molar-refractivity contribution in [2.45, 2.75) is 0 Å². The van der Waals surface area contributed by atoms with Gasteiger partial charge in [-0.3, -0.25) is 4.90 Å². The average Bonchev–Trinajstić information content (AvgIpc) is 2.90. The van der Waals surface area contributed by atoms with Crippen LogP contribution in [0.4, 0.5) is 10.5 Å². The summed E-state index contributed by atoms with van der Waals surface area (Å²) in [6.07, 6.45) is 0. The van der Waals surface area contributed by atoms with Crippen LogP contribution in [0.1, 0.15) is 0 Å². The number of carbonyl (C=O) groups is 2. The van der Waals surface area contributed by atoms with Gasteiger partial charge in [0.05, 0.1) is 24.5 Å². The molecular formula is C16H20ClN3O4. The number of ether oxygens (including phenoxy) is 2. The number of halogens is 1. The Morgan fingerprint density at radius 1 is 1.12 bits per heavy atom. The first-order valence-electron chi connectivity index (χ1n) is 7.54. The number of nitrogens with zero attached hydrogens (tertiary/aromatic N) is 1. The zero-order valence-corrected chi connectivity index (χ0v) is 13.9. The van der Waals surface area contributed by atoms with Crippen LogP contribution in [-0.4, -0.2) is 56.4 Å². The van der Waals surface area contributed by atoms with Crippen LogP contribution in [0.5, 0.6) is 0 Å². The highest BCUT2D eigenvalue weighted by atomic mass is 35.5. The van der Waals surface area contributed by atoms with Crippen LogP contribution in [0.2, 0.25) is 0 Å². The van der Waals surface area contributed by atoms with E-state index in [9.17, 15) is 9.59 Å². The lowest BCUT2D eigenvalue weighted by atomic mass is 10.2. The van der Waals surface area contributed by atoms with Crippen molar-refractivity contribution < 1.29 is 19.1 Å². The van der Waals surface area contributed by atoms with Crippen LogP contribution in [0.15, 0.2) is 41.6 Å². The van der Waals surface area contributed by atoms with Crippen molar-refractivity contribution in [2.75, 3.05) is 44.8 Å². The second-order valence-electron chi connectivity index (χ2n) is 5.37. The fourth-order valence-electron chi connectivity index (χ4n) is 2.51. The summed E-state index contributed by atoms with van der Waals surface area (Å²) >= 11 is 0. The van der Waals surface area contributed by atoms with E-state index >= 15 is 0 Å². The van der Waals surface area contributed by atoms with E-state index in [1.807, 2.05) is 18.2 Å². The van der Waals surface area contributed by atoms with Gasteiger partial charge >= 0.3 is 12.0 Å². The standard InChI is InChI=1S/C16H19N3O4.ClH/c20-15-13(10-19-6-8-22-9-7-19)14(11-23-15)18-16(21)17-12-4-2-1-3-5-12;/h1-5H,6-11H2,(H2,17,18,21);1H. The highest BCUT2D eigenvalue weighted by Crippen LogP contribution is 2.16. The molecular weight excluding hydrogens is 334 g/mol. The third-order valence-electron chi connectivity index (χ3n) is 3.74. The second-order valence-corrected chi connectivity index (χ2v) is 5.37. The van der Waals surface area contributed by atoms with Gasteiger partial charge in [0.15, 0.2) is 0 Å². The molecule has 2 heterocycles. The number of cyclic esters (lactones) is 1. The minimum absolute atomic E-state index is 0. The van der Waals surface area contributed by atoms with E-state index in [-0.39, 0.29) is 31.0 Å². The Morgan fingerprint density at radius 2 is 1.83 bits per heavy atom. The lowest BCUT2D eigenvalue weighted by molar-refractivity contribution is -0.136. The van der Waals surface area contributed by atoms with Crippen LogP contribution < -0.4 is 10.6 Å². The number of carbonyl (C=O) groups excluding carboxylic acids is 2. The molecule has 2 aliphatic heterocycles. The lowest BCUT2D eigenvalue weighted by Gasteiger charge is -2.26. The van der Waals surface area contributed by atoms with Crippen molar-refractivity contribution in [2.24, 2.45) is 0 Å². The van der Waals surface area contributed by atoms with Crippen molar-refractivity contribution in [3.05, 3.63) is 41.6 Å². The minimum Gasteiger partial charge on any atom is -0.456 e. The first-order valence-corrected chi connectivity index (χ1v) is 7.54. The molecule has 3 rings (SSSR count). The molecule has 0 atom stereocenters. The van der Waals surface area contributed by atoms with Crippen LogP contribution in [0, 0.1) is 0 Å². The third kappa shape index (κ3) is 4.70. The Morgan fingerprint density at radius 3 is 2.54 bits per heavy atom. The van der Waals surface area contributed by atoms with Gasteiger partial charge in [0.25, 0.3) is 0 Å². The van der Waals surface area contributed by atoms with Gasteiger partial charge in [0.1, 0.15) is 6.61 Å². The van der Waals surface area contributed by atoms with Gasteiger partial charge in [0.2, 0.25) is 0 Å². The first kappa shape index (κ1) is 18.3. The molecule has 1 aromatic rings. The average molecular weight is 354 g/mol. The molecule has 2 amide bonds. The van der Waals surface area contributed by atoms with Gasteiger partial charge < -0.3 is 20.1 Å². The van der Waals surface area contributed by atoms with Crippen molar-refractivity contribution in [3.8, 4) is 0 Å². The fraction of sp³-hybridized carbons (Fsp3) is 0.375. The van der Waals surface area contributed by atoms with Crippen LogP contribution in [0.3, 0.4) is 0 Å². The predicted octanol–water partition coefficient (Wildman–Crippen LogP) is 1.37. The van der Waals surface area contributed by atoms with E-state index in [2.05, 4.69) is 15.5 Å². The Labute approximate surface area is 146 Å². The topological polar surface area (TPSA) is 79.9 Å². The van der Waals surface area contributed by atoms with Gasteiger partial charge in [0, 0.05) is 25.3 Å². The van der Waals surface area contributed by atoms with Crippen LogP contribution in [0.25, 0.3) is 0 Å². The molecule has 2 aliphatic rings. The van der Waals surface area contributed by atoms with E-state index < -0.39 is 0 Å². The first-order chi connectivity index (χ1) is 11.2. The number of esters is 1. The van der Waals surface area contributed by atoms with Crippen molar-refractivity contribution >= 4 is 30.1 Å². The summed E-state index contributed by atoms with van der Waals surface area (Å²) in [6.45, 7) is 3.39. The van der Waals surface area contributed by atoms with Gasteiger partial charge in [-0.05, 0) is 12.1 Å². The summed E-state index contributed by atoms with van der Waals surface area (Å²) in [7, 11) is 0. The summed E-state index contributed by atoms with van der Waals surface area (Å²) < 4.78 is 10.4. The molecule has 0 aromatic heterocycles. The summed E-state index contributed by atoms with van der Waals surface area (Å²) in [6, 6.07) is 8.74. The van der Waals surface area contributed by atoms with Crippen LogP contribution in [-0.2, 0) is 14.3 Å². The summed E-state index contributed by atoms with van der Waals surface area (Å²) in [4.78, 5) is 26.1. The zero-order chi connectivity index (χ0) is 16.1. The molecule has 2 N–H and O–H groups in total. The summed E-state index contributed by atoms with van der Waals surface area (Å²) in [5.74, 6) is -0.369. The number of hydrogen-bond donors (Lipinski definition) is 2. The number of benzene rings is 1. The van der Waals surface area contributed by atoms with E-state index in [1.54, 1.807) is 12.1 Å². The molecule has 0 radical (unpaired) electrons. The summed E-state index contributed by atoms with van der Waals surface area (Å²) in [5, 5.41) is 5.45. The number of para-hydroxylation sites is 1. The van der Waals surface area contributed by atoms with Gasteiger partial charge in [-0.1, -0.05) is 18.2 Å². The predicted molar refractivity (Wildman–Crippen MR) is 91.1 cm³/mol. The smallest absolute Gasteiger partial charge is 0.337 e. The van der Waals surface area contributed by atoms with Gasteiger partial charge in [-0.15, -0.1) is 12.4 Å². The molecule has 8 heteroatoms. The normalized spacial score (nSPS) is 17.9. The Balaban J connectivity index is 0.00000208. The Bertz CT molecular complexity index is 615. The van der Waals surface area contributed by atoms with Crippen molar-refractivity contribution in [3.63, 3.8) is 0 Å². The fourth-order valence-corrected chi connectivity index (χ4v) is 2.51. The molecule has 0 aliphatic carbocycles. The van der Waals surface area contributed by atoms with E-state index in [0.29, 0.717) is 36.7 Å². The lowest BCUT2D eigenvalue weighted by Crippen LogP contribution is -2.39. The molecule has 130 valence electrons.